The Hall–Kier alpha value is -2.59. The highest BCUT2D eigenvalue weighted by Gasteiger charge is 2.11. The van der Waals surface area contributed by atoms with E-state index in [9.17, 15) is 4.79 Å². The molecule has 5 heteroatoms. The van der Waals surface area contributed by atoms with Crippen LogP contribution in [0.4, 0.5) is 5.69 Å². The van der Waals surface area contributed by atoms with Gasteiger partial charge in [-0.05, 0) is 43.2 Å². The molecule has 4 nitrogen and oxygen atoms in total. The highest BCUT2D eigenvalue weighted by atomic mass is 35.5. The lowest BCUT2D eigenvalue weighted by Gasteiger charge is -2.12. The summed E-state index contributed by atoms with van der Waals surface area (Å²) >= 11 is 6.21. The minimum atomic E-state index is -0.267. The van der Waals surface area contributed by atoms with Gasteiger partial charge in [0.1, 0.15) is 11.3 Å². The number of aromatic nitrogens is 1. The van der Waals surface area contributed by atoms with Crippen LogP contribution in [0.25, 0.3) is 10.9 Å². The Bertz CT molecular complexity index is 881. The van der Waals surface area contributed by atoms with Crippen molar-refractivity contribution in [2.45, 2.75) is 13.8 Å². The van der Waals surface area contributed by atoms with E-state index < -0.39 is 0 Å². The van der Waals surface area contributed by atoms with E-state index in [0.717, 1.165) is 22.0 Å². The second kappa shape index (κ2) is 6.89. The zero-order valence-electron chi connectivity index (χ0n) is 13.5. The fourth-order valence-corrected chi connectivity index (χ4v) is 2.95. The van der Waals surface area contributed by atoms with E-state index in [4.69, 9.17) is 16.3 Å². The summed E-state index contributed by atoms with van der Waals surface area (Å²) in [4.78, 5) is 16.5. The van der Waals surface area contributed by atoms with Crippen molar-refractivity contribution in [1.82, 2.24) is 4.98 Å². The number of ether oxygens (including phenoxy) is 1. The van der Waals surface area contributed by atoms with Gasteiger partial charge in [0, 0.05) is 11.6 Å². The smallest absolute Gasteiger partial charge is 0.262 e. The number of rotatable bonds is 4. The molecule has 0 saturated carbocycles. The van der Waals surface area contributed by atoms with Crippen molar-refractivity contribution in [3.8, 4) is 5.75 Å². The summed E-state index contributed by atoms with van der Waals surface area (Å²) in [5, 5.41) is 4.29. The molecule has 0 aliphatic heterocycles. The summed E-state index contributed by atoms with van der Waals surface area (Å²) in [6.45, 7) is 3.75. The van der Waals surface area contributed by atoms with Crippen molar-refractivity contribution in [3.63, 3.8) is 0 Å². The van der Waals surface area contributed by atoms with E-state index in [1.165, 1.54) is 0 Å². The largest absolute Gasteiger partial charge is 0.481 e. The van der Waals surface area contributed by atoms with Crippen LogP contribution in [0.3, 0.4) is 0 Å². The molecule has 1 amide bonds. The number of anilines is 1. The topological polar surface area (TPSA) is 51.2 Å². The Morgan fingerprint density at radius 1 is 1.21 bits per heavy atom. The van der Waals surface area contributed by atoms with E-state index in [-0.39, 0.29) is 12.5 Å². The van der Waals surface area contributed by atoms with Crippen LogP contribution in [0.5, 0.6) is 5.75 Å². The summed E-state index contributed by atoms with van der Waals surface area (Å²) in [6, 6.07) is 13.2. The van der Waals surface area contributed by atoms with Crippen LogP contribution < -0.4 is 10.1 Å². The van der Waals surface area contributed by atoms with Gasteiger partial charge >= 0.3 is 0 Å². The van der Waals surface area contributed by atoms with Gasteiger partial charge in [-0.15, -0.1) is 0 Å². The number of hydrogen-bond acceptors (Lipinski definition) is 3. The predicted molar refractivity (Wildman–Crippen MR) is 96.8 cm³/mol. The fraction of sp³-hybridized carbons (Fsp3) is 0.158. The number of carbonyl (C=O) groups is 1. The molecular weight excluding hydrogens is 324 g/mol. The number of aryl methyl sites for hydroxylation is 2. The number of nitrogens with one attached hydrogen (secondary N) is 1. The Labute approximate surface area is 145 Å². The quantitative estimate of drug-likeness (QED) is 0.759. The maximum Gasteiger partial charge on any atom is 0.262 e. The lowest BCUT2D eigenvalue weighted by atomic mass is 10.1. The SMILES string of the molecule is Cc1cc(C)c(NC(=O)COc2cccc3cccnc23)c(Cl)c1. The highest BCUT2D eigenvalue weighted by molar-refractivity contribution is 6.34. The highest BCUT2D eigenvalue weighted by Crippen LogP contribution is 2.27. The van der Waals surface area contributed by atoms with Crippen molar-refractivity contribution in [3.05, 3.63) is 64.8 Å². The van der Waals surface area contributed by atoms with Gasteiger partial charge in [-0.25, -0.2) is 0 Å². The number of nitrogens with zero attached hydrogens (tertiary/aromatic N) is 1. The van der Waals surface area contributed by atoms with Crippen molar-refractivity contribution >= 4 is 34.1 Å². The molecule has 0 spiro atoms. The van der Waals surface area contributed by atoms with Gasteiger partial charge in [0.2, 0.25) is 0 Å². The van der Waals surface area contributed by atoms with Crippen LogP contribution in [0.15, 0.2) is 48.7 Å². The number of carbonyl (C=O) groups excluding carboxylic acids is 1. The third-order valence-corrected chi connectivity index (χ3v) is 3.95. The van der Waals surface area contributed by atoms with Gasteiger partial charge in [0.15, 0.2) is 6.61 Å². The van der Waals surface area contributed by atoms with Crippen LogP contribution in [0.1, 0.15) is 11.1 Å². The van der Waals surface area contributed by atoms with Crippen LogP contribution in [0, 0.1) is 13.8 Å². The molecule has 0 aliphatic carbocycles. The van der Waals surface area contributed by atoms with E-state index in [1.54, 1.807) is 12.3 Å². The summed E-state index contributed by atoms with van der Waals surface area (Å²) < 4.78 is 5.64. The van der Waals surface area contributed by atoms with Crippen molar-refractivity contribution in [2.75, 3.05) is 11.9 Å². The molecule has 0 fully saturated rings. The van der Waals surface area contributed by atoms with E-state index in [0.29, 0.717) is 16.5 Å². The lowest BCUT2D eigenvalue weighted by molar-refractivity contribution is -0.118. The van der Waals surface area contributed by atoms with Gasteiger partial charge in [0.05, 0.1) is 10.7 Å². The zero-order chi connectivity index (χ0) is 17.1. The molecule has 0 saturated heterocycles. The average Bonchev–Trinajstić information content (AvgIpc) is 2.56. The zero-order valence-corrected chi connectivity index (χ0v) is 14.2. The van der Waals surface area contributed by atoms with Gasteiger partial charge in [0.25, 0.3) is 5.91 Å². The molecule has 0 unspecified atom stereocenters. The van der Waals surface area contributed by atoms with E-state index in [1.807, 2.05) is 50.2 Å². The molecule has 0 bridgehead atoms. The van der Waals surface area contributed by atoms with Crippen LogP contribution in [0.2, 0.25) is 5.02 Å². The maximum absolute atomic E-state index is 12.2. The fourth-order valence-electron chi connectivity index (χ4n) is 2.59. The number of fused-ring (bicyclic) bond motifs is 1. The molecule has 0 aliphatic rings. The molecule has 1 heterocycles. The number of pyridine rings is 1. The molecule has 2 aromatic carbocycles. The van der Waals surface area contributed by atoms with Crippen molar-refractivity contribution in [1.29, 1.82) is 0 Å². The molecule has 1 aromatic heterocycles. The van der Waals surface area contributed by atoms with E-state index >= 15 is 0 Å². The molecular formula is C19H17ClN2O2. The van der Waals surface area contributed by atoms with Gasteiger partial charge in [-0.1, -0.05) is 35.9 Å². The van der Waals surface area contributed by atoms with Crippen LogP contribution in [-0.4, -0.2) is 17.5 Å². The standard InChI is InChI=1S/C19H17ClN2O2/c1-12-9-13(2)18(15(20)10-12)22-17(23)11-24-16-7-3-5-14-6-4-8-21-19(14)16/h3-10H,11H2,1-2H3,(H,22,23). The number of para-hydroxylation sites is 1. The third-order valence-electron chi connectivity index (χ3n) is 3.65. The predicted octanol–water partition coefficient (Wildman–Crippen LogP) is 4.52. The number of benzene rings is 2. The Morgan fingerprint density at radius 3 is 2.79 bits per heavy atom. The summed E-state index contributed by atoms with van der Waals surface area (Å²) in [6.07, 6.45) is 1.70. The summed E-state index contributed by atoms with van der Waals surface area (Å²) in [7, 11) is 0. The Balaban J connectivity index is 1.72. The first-order chi connectivity index (χ1) is 11.5. The molecule has 1 N–H and O–H groups in total. The minimum absolute atomic E-state index is 0.112. The summed E-state index contributed by atoms with van der Waals surface area (Å²) in [5.74, 6) is 0.312. The monoisotopic (exact) mass is 340 g/mol. The van der Waals surface area contributed by atoms with Gasteiger partial charge in [-0.3, -0.25) is 9.78 Å². The maximum atomic E-state index is 12.2. The van der Waals surface area contributed by atoms with Gasteiger partial charge < -0.3 is 10.1 Å². The number of amides is 1. The second-order valence-electron chi connectivity index (χ2n) is 5.61. The first-order valence-electron chi connectivity index (χ1n) is 7.58. The number of halogens is 1. The molecule has 0 atom stereocenters. The third kappa shape index (κ3) is 3.49. The summed E-state index contributed by atoms with van der Waals surface area (Å²) in [5.41, 5.74) is 3.32. The molecule has 0 radical (unpaired) electrons. The molecule has 24 heavy (non-hydrogen) atoms. The van der Waals surface area contributed by atoms with Crippen molar-refractivity contribution in [2.24, 2.45) is 0 Å². The van der Waals surface area contributed by atoms with Gasteiger partial charge in [-0.2, -0.15) is 0 Å². The lowest BCUT2D eigenvalue weighted by Crippen LogP contribution is -2.21. The Morgan fingerprint density at radius 2 is 2.00 bits per heavy atom. The first-order valence-corrected chi connectivity index (χ1v) is 7.95. The van der Waals surface area contributed by atoms with Crippen molar-refractivity contribution < 1.29 is 9.53 Å². The average molecular weight is 341 g/mol. The van der Waals surface area contributed by atoms with Crippen LogP contribution in [-0.2, 0) is 4.79 Å². The second-order valence-corrected chi connectivity index (χ2v) is 6.01. The molecule has 3 aromatic rings. The molecule has 3 rings (SSSR count). The van der Waals surface area contributed by atoms with E-state index in [2.05, 4.69) is 10.3 Å². The first kappa shape index (κ1) is 16.3. The van der Waals surface area contributed by atoms with Crippen LogP contribution >= 0.6 is 11.6 Å². The normalized spacial score (nSPS) is 10.6. The minimum Gasteiger partial charge on any atom is -0.481 e. The Kier molecular flexibility index (Phi) is 4.67. The number of hydrogen-bond donors (Lipinski definition) is 1. The molecule has 122 valence electrons.